The molecule has 0 unspecified atom stereocenters. The second kappa shape index (κ2) is 8.02. The van der Waals surface area contributed by atoms with Crippen molar-refractivity contribution in [3.05, 3.63) is 93.7 Å². The molecule has 2 heterocycles. The van der Waals surface area contributed by atoms with E-state index in [0.717, 1.165) is 16.9 Å². The topological polar surface area (TPSA) is 97.2 Å². The predicted octanol–water partition coefficient (Wildman–Crippen LogP) is 3.33. The van der Waals surface area contributed by atoms with Crippen molar-refractivity contribution in [1.82, 2.24) is 15.3 Å². The van der Waals surface area contributed by atoms with Gasteiger partial charge in [-0.05, 0) is 30.2 Å². The Hall–Kier alpha value is -3.87. The van der Waals surface area contributed by atoms with E-state index in [9.17, 15) is 9.59 Å². The van der Waals surface area contributed by atoms with E-state index in [1.54, 1.807) is 6.92 Å². The Labute approximate surface area is 166 Å². The smallest absolute Gasteiger partial charge is 0.262 e. The van der Waals surface area contributed by atoms with Crippen molar-refractivity contribution in [2.45, 2.75) is 20.1 Å². The van der Waals surface area contributed by atoms with Gasteiger partial charge in [0.15, 0.2) is 0 Å². The number of aromatic amines is 1. The van der Waals surface area contributed by atoms with E-state index in [4.69, 9.17) is 9.15 Å². The van der Waals surface area contributed by atoms with Crippen LogP contribution in [-0.2, 0) is 13.2 Å². The third kappa shape index (κ3) is 4.03. The largest absolute Gasteiger partial charge is 0.489 e. The molecule has 7 heteroatoms. The molecule has 0 aliphatic rings. The second-order valence-electron chi connectivity index (χ2n) is 6.55. The normalized spacial score (nSPS) is 10.8. The summed E-state index contributed by atoms with van der Waals surface area (Å²) >= 11 is 0. The van der Waals surface area contributed by atoms with Crippen molar-refractivity contribution in [2.24, 2.45) is 0 Å². The average molecular weight is 389 g/mol. The number of fused-ring (bicyclic) bond motifs is 1. The Kier molecular flexibility index (Phi) is 5.11. The number of amides is 1. The van der Waals surface area contributed by atoms with Gasteiger partial charge in [0, 0.05) is 6.54 Å². The van der Waals surface area contributed by atoms with Gasteiger partial charge in [0.2, 0.25) is 5.71 Å². The Morgan fingerprint density at radius 2 is 1.86 bits per heavy atom. The van der Waals surface area contributed by atoms with E-state index in [0.29, 0.717) is 18.9 Å². The Bertz CT molecular complexity index is 1190. The van der Waals surface area contributed by atoms with Crippen LogP contribution in [-0.4, -0.2) is 15.9 Å². The Balaban J connectivity index is 1.40. The van der Waals surface area contributed by atoms with E-state index < -0.39 is 5.56 Å². The van der Waals surface area contributed by atoms with Crippen LogP contribution < -0.4 is 15.6 Å². The van der Waals surface area contributed by atoms with Crippen molar-refractivity contribution in [2.75, 3.05) is 0 Å². The summed E-state index contributed by atoms with van der Waals surface area (Å²) in [5, 5.41) is 2.98. The van der Waals surface area contributed by atoms with Gasteiger partial charge in [-0.1, -0.05) is 42.5 Å². The highest BCUT2D eigenvalue weighted by molar-refractivity contribution is 6.06. The summed E-state index contributed by atoms with van der Waals surface area (Å²) < 4.78 is 11.2. The highest BCUT2D eigenvalue weighted by atomic mass is 16.5. The molecule has 0 fully saturated rings. The molecule has 0 saturated carbocycles. The molecule has 0 atom stereocenters. The lowest BCUT2D eigenvalue weighted by Crippen LogP contribution is -2.24. The SMILES string of the molecule is Cc1oc2nc[nH]c(=O)c2c1C(=O)NCc1ccc(OCc2ccccc2)cc1. The van der Waals surface area contributed by atoms with Crippen LogP contribution in [0.4, 0.5) is 0 Å². The van der Waals surface area contributed by atoms with Crippen molar-refractivity contribution < 1.29 is 13.9 Å². The van der Waals surface area contributed by atoms with Crippen LogP contribution in [0.15, 0.2) is 70.1 Å². The fourth-order valence-corrected chi connectivity index (χ4v) is 3.04. The maximum Gasteiger partial charge on any atom is 0.262 e. The van der Waals surface area contributed by atoms with Gasteiger partial charge in [0.25, 0.3) is 11.5 Å². The van der Waals surface area contributed by atoms with Crippen LogP contribution in [0.5, 0.6) is 5.75 Å². The van der Waals surface area contributed by atoms with E-state index >= 15 is 0 Å². The summed E-state index contributed by atoms with van der Waals surface area (Å²) in [5.74, 6) is 0.716. The molecule has 2 aromatic carbocycles. The summed E-state index contributed by atoms with van der Waals surface area (Å²) in [7, 11) is 0. The number of rotatable bonds is 6. The number of nitrogens with one attached hydrogen (secondary N) is 2. The highest BCUT2D eigenvalue weighted by Crippen LogP contribution is 2.20. The van der Waals surface area contributed by atoms with Gasteiger partial charge in [-0.25, -0.2) is 4.98 Å². The molecule has 29 heavy (non-hydrogen) atoms. The molecular formula is C22H19N3O4. The van der Waals surface area contributed by atoms with Crippen molar-refractivity contribution >= 4 is 17.0 Å². The molecule has 0 spiro atoms. The highest BCUT2D eigenvalue weighted by Gasteiger charge is 2.21. The van der Waals surface area contributed by atoms with Gasteiger partial charge in [-0.3, -0.25) is 9.59 Å². The predicted molar refractivity (Wildman–Crippen MR) is 108 cm³/mol. The van der Waals surface area contributed by atoms with Gasteiger partial charge < -0.3 is 19.5 Å². The molecule has 0 radical (unpaired) electrons. The number of hydrogen-bond acceptors (Lipinski definition) is 5. The number of furan rings is 1. The number of carbonyl (C=O) groups is 1. The molecule has 2 N–H and O–H groups in total. The van der Waals surface area contributed by atoms with E-state index in [2.05, 4.69) is 15.3 Å². The molecule has 0 bridgehead atoms. The maximum atomic E-state index is 12.6. The van der Waals surface area contributed by atoms with Crippen LogP contribution in [0.25, 0.3) is 11.1 Å². The molecule has 7 nitrogen and oxygen atoms in total. The first kappa shape index (κ1) is 18.5. The molecule has 0 aliphatic carbocycles. The van der Waals surface area contributed by atoms with Crippen LogP contribution in [0.3, 0.4) is 0 Å². The number of carbonyl (C=O) groups excluding carboxylic acids is 1. The van der Waals surface area contributed by atoms with Gasteiger partial charge in [0.05, 0.1) is 11.9 Å². The number of benzene rings is 2. The third-order valence-electron chi connectivity index (χ3n) is 4.52. The zero-order valence-corrected chi connectivity index (χ0v) is 15.8. The summed E-state index contributed by atoms with van der Waals surface area (Å²) in [4.78, 5) is 31.1. The lowest BCUT2D eigenvalue weighted by Gasteiger charge is -2.08. The van der Waals surface area contributed by atoms with Crippen molar-refractivity contribution in [3.8, 4) is 5.75 Å². The standard InChI is InChI=1S/C22H19N3O4/c1-14-18(19-21(27)24-13-25-22(19)29-14)20(26)23-11-15-7-9-17(10-8-15)28-12-16-5-3-2-4-6-16/h2-10,13H,11-12H2,1H3,(H,23,26)(H,24,25,27). The number of ether oxygens (including phenoxy) is 1. The first-order chi connectivity index (χ1) is 14.1. The molecule has 1 amide bonds. The monoisotopic (exact) mass is 389 g/mol. The fraction of sp³-hybridized carbons (Fsp3) is 0.136. The number of H-pyrrole nitrogens is 1. The molecule has 2 aromatic heterocycles. The lowest BCUT2D eigenvalue weighted by atomic mass is 10.1. The fourth-order valence-electron chi connectivity index (χ4n) is 3.04. The quantitative estimate of drug-likeness (QED) is 0.527. The van der Waals surface area contributed by atoms with Crippen LogP contribution in [0.2, 0.25) is 0 Å². The second-order valence-corrected chi connectivity index (χ2v) is 6.55. The molecule has 4 aromatic rings. The van der Waals surface area contributed by atoms with E-state index in [1.807, 2.05) is 54.6 Å². The molecular weight excluding hydrogens is 370 g/mol. The first-order valence-electron chi connectivity index (χ1n) is 9.12. The molecule has 0 aliphatic heterocycles. The minimum absolute atomic E-state index is 0.149. The first-order valence-corrected chi connectivity index (χ1v) is 9.12. The summed E-state index contributed by atoms with van der Waals surface area (Å²) in [6.07, 6.45) is 1.25. The molecule has 4 rings (SSSR count). The average Bonchev–Trinajstić information content (AvgIpc) is 3.09. The van der Waals surface area contributed by atoms with Crippen LogP contribution in [0.1, 0.15) is 27.2 Å². The van der Waals surface area contributed by atoms with Gasteiger partial charge in [0.1, 0.15) is 23.5 Å². The lowest BCUT2D eigenvalue weighted by molar-refractivity contribution is 0.0950. The summed E-state index contributed by atoms with van der Waals surface area (Å²) in [5.41, 5.74) is 1.95. The number of hydrogen-bond donors (Lipinski definition) is 2. The number of nitrogens with zero attached hydrogens (tertiary/aromatic N) is 1. The minimum Gasteiger partial charge on any atom is -0.489 e. The molecule has 0 saturated heterocycles. The zero-order valence-electron chi connectivity index (χ0n) is 15.8. The molecule has 146 valence electrons. The maximum absolute atomic E-state index is 12.6. The minimum atomic E-state index is -0.406. The van der Waals surface area contributed by atoms with E-state index in [1.165, 1.54) is 6.33 Å². The van der Waals surface area contributed by atoms with Crippen molar-refractivity contribution in [1.29, 1.82) is 0 Å². The Morgan fingerprint density at radius 1 is 1.10 bits per heavy atom. The van der Waals surface area contributed by atoms with Gasteiger partial charge in [-0.2, -0.15) is 0 Å². The van der Waals surface area contributed by atoms with Crippen molar-refractivity contribution in [3.63, 3.8) is 0 Å². The zero-order chi connectivity index (χ0) is 20.2. The van der Waals surface area contributed by atoms with Gasteiger partial charge >= 0.3 is 0 Å². The van der Waals surface area contributed by atoms with Gasteiger partial charge in [-0.15, -0.1) is 0 Å². The van der Waals surface area contributed by atoms with E-state index in [-0.39, 0.29) is 22.6 Å². The number of aromatic nitrogens is 2. The summed E-state index contributed by atoms with van der Waals surface area (Å²) in [6.45, 7) is 2.43. The Morgan fingerprint density at radius 3 is 2.62 bits per heavy atom. The third-order valence-corrected chi connectivity index (χ3v) is 4.52. The summed E-state index contributed by atoms with van der Waals surface area (Å²) in [6, 6.07) is 17.4. The van der Waals surface area contributed by atoms with Crippen LogP contribution in [0, 0.1) is 6.92 Å². The number of aryl methyl sites for hydroxylation is 1. The van der Waals surface area contributed by atoms with Crippen LogP contribution >= 0.6 is 0 Å².